The highest BCUT2D eigenvalue weighted by Crippen LogP contribution is 2.13. The fraction of sp³-hybridized carbons (Fsp3) is 0.200. The van der Waals surface area contributed by atoms with E-state index in [1.165, 1.54) is 18.5 Å². The number of aliphatic carboxylic acids is 1. The van der Waals surface area contributed by atoms with Crippen LogP contribution in [0.1, 0.15) is 16.8 Å². The van der Waals surface area contributed by atoms with Gasteiger partial charge in [0.15, 0.2) is 0 Å². The van der Waals surface area contributed by atoms with Crippen molar-refractivity contribution in [1.29, 1.82) is 0 Å². The molecule has 0 aliphatic rings. The largest absolute Gasteiger partial charge is 0.480 e. The van der Waals surface area contributed by atoms with E-state index in [0.29, 0.717) is 0 Å². The molecule has 0 aliphatic heterocycles. The lowest BCUT2D eigenvalue weighted by atomic mass is 10.2. The van der Waals surface area contributed by atoms with Crippen molar-refractivity contribution < 1.29 is 19.5 Å². The van der Waals surface area contributed by atoms with Gasteiger partial charge in [-0.2, -0.15) is 0 Å². The summed E-state index contributed by atoms with van der Waals surface area (Å²) in [5, 5.41) is 11.1. The monoisotopic (exact) mass is 271 g/mol. The molecule has 0 bridgehead atoms. The maximum absolute atomic E-state index is 11.7. The molecule has 96 valence electrons. The van der Waals surface area contributed by atoms with Crippen LogP contribution < -0.4 is 11.1 Å². The Morgan fingerprint density at radius 3 is 2.67 bits per heavy atom. The SMILES string of the molecule is NC(=O)C[C@H](NC(=O)c1cnccc1Cl)C(=O)O. The summed E-state index contributed by atoms with van der Waals surface area (Å²) in [5.74, 6) is -2.93. The first-order valence-electron chi connectivity index (χ1n) is 4.83. The van der Waals surface area contributed by atoms with Gasteiger partial charge in [0.05, 0.1) is 17.0 Å². The zero-order valence-electron chi connectivity index (χ0n) is 9.09. The Morgan fingerprint density at radius 1 is 1.50 bits per heavy atom. The molecule has 0 radical (unpaired) electrons. The molecule has 1 rings (SSSR count). The molecule has 1 heterocycles. The third-order valence-corrected chi connectivity index (χ3v) is 2.35. The fourth-order valence-corrected chi connectivity index (χ4v) is 1.37. The molecule has 0 unspecified atom stereocenters. The molecule has 0 saturated heterocycles. The van der Waals surface area contributed by atoms with Crippen LogP contribution in [-0.2, 0) is 9.59 Å². The highest BCUT2D eigenvalue weighted by molar-refractivity contribution is 6.33. The van der Waals surface area contributed by atoms with Gasteiger partial charge in [0, 0.05) is 12.4 Å². The number of nitrogens with one attached hydrogen (secondary N) is 1. The number of carbonyl (C=O) groups is 3. The van der Waals surface area contributed by atoms with Gasteiger partial charge in [0.25, 0.3) is 5.91 Å². The van der Waals surface area contributed by atoms with Crippen LogP contribution >= 0.6 is 11.6 Å². The third kappa shape index (κ3) is 3.70. The molecular formula is C10H10ClN3O4. The normalized spacial score (nSPS) is 11.6. The van der Waals surface area contributed by atoms with E-state index in [1.54, 1.807) is 0 Å². The number of nitrogens with two attached hydrogens (primary N) is 1. The third-order valence-electron chi connectivity index (χ3n) is 2.02. The van der Waals surface area contributed by atoms with Gasteiger partial charge in [-0.25, -0.2) is 4.79 Å². The Labute approximate surface area is 107 Å². The van der Waals surface area contributed by atoms with Crippen LogP contribution in [0.25, 0.3) is 0 Å². The quantitative estimate of drug-likeness (QED) is 0.684. The number of carbonyl (C=O) groups excluding carboxylic acids is 2. The first kappa shape index (κ1) is 13.9. The molecule has 7 nitrogen and oxygen atoms in total. The molecule has 4 N–H and O–H groups in total. The summed E-state index contributed by atoms with van der Waals surface area (Å²) in [7, 11) is 0. The zero-order valence-corrected chi connectivity index (χ0v) is 9.85. The Bertz CT molecular complexity index is 492. The molecule has 1 aromatic heterocycles. The Kier molecular flexibility index (Phi) is 4.61. The predicted octanol–water partition coefficient (Wildman–Crippen LogP) is -0.207. The summed E-state index contributed by atoms with van der Waals surface area (Å²) in [6, 6.07) is -0.00776. The van der Waals surface area contributed by atoms with E-state index in [4.69, 9.17) is 22.4 Å². The number of nitrogens with zero attached hydrogens (tertiary/aromatic N) is 1. The topological polar surface area (TPSA) is 122 Å². The number of primary amides is 1. The van der Waals surface area contributed by atoms with E-state index in [0.717, 1.165) is 0 Å². The highest BCUT2D eigenvalue weighted by Gasteiger charge is 2.23. The van der Waals surface area contributed by atoms with Crippen molar-refractivity contribution in [1.82, 2.24) is 10.3 Å². The molecule has 0 fully saturated rings. The second-order valence-electron chi connectivity index (χ2n) is 3.39. The zero-order chi connectivity index (χ0) is 13.7. The average Bonchev–Trinajstić information content (AvgIpc) is 2.27. The molecule has 1 aromatic rings. The van der Waals surface area contributed by atoms with E-state index >= 15 is 0 Å². The van der Waals surface area contributed by atoms with Crippen LogP contribution in [0.15, 0.2) is 18.5 Å². The first-order valence-corrected chi connectivity index (χ1v) is 5.21. The molecule has 0 aromatic carbocycles. The van der Waals surface area contributed by atoms with Crippen molar-refractivity contribution in [3.05, 3.63) is 29.0 Å². The summed E-state index contributed by atoms with van der Waals surface area (Å²) in [5.41, 5.74) is 4.91. The van der Waals surface area contributed by atoms with Crippen molar-refractivity contribution in [3.8, 4) is 0 Å². The molecular weight excluding hydrogens is 262 g/mol. The van der Waals surface area contributed by atoms with Crippen molar-refractivity contribution in [2.24, 2.45) is 5.73 Å². The Morgan fingerprint density at radius 2 is 2.17 bits per heavy atom. The van der Waals surface area contributed by atoms with E-state index in [-0.39, 0.29) is 10.6 Å². The molecule has 2 amide bonds. The van der Waals surface area contributed by atoms with Gasteiger partial charge in [0.2, 0.25) is 5.91 Å². The highest BCUT2D eigenvalue weighted by atomic mass is 35.5. The standard InChI is InChI=1S/C10H10ClN3O4/c11-6-1-2-13-4-5(6)9(16)14-7(10(17)18)3-8(12)15/h1-2,4,7H,3H2,(H2,12,15)(H,14,16)(H,17,18)/t7-/m0/s1. The minimum atomic E-state index is -1.40. The maximum Gasteiger partial charge on any atom is 0.326 e. The second kappa shape index (κ2) is 5.97. The summed E-state index contributed by atoms with van der Waals surface area (Å²) < 4.78 is 0. The minimum Gasteiger partial charge on any atom is -0.480 e. The first-order chi connectivity index (χ1) is 8.41. The molecule has 18 heavy (non-hydrogen) atoms. The summed E-state index contributed by atoms with van der Waals surface area (Å²) in [4.78, 5) is 36.9. The number of hydrogen-bond donors (Lipinski definition) is 3. The van der Waals surface area contributed by atoms with E-state index in [2.05, 4.69) is 10.3 Å². The van der Waals surface area contributed by atoms with Crippen LogP contribution in [0.4, 0.5) is 0 Å². The van der Waals surface area contributed by atoms with Gasteiger partial charge in [-0.05, 0) is 6.07 Å². The van der Waals surface area contributed by atoms with Crippen LogP contribution in [0.5, 0.6) is 0 Å². The van der Waals surface area contributed by atoms with Crippen molar-refractivity contribution in [3.63, 3.8) is 0 Å². The van der Waals surface area contributed by atoms with E-state index in [1.807, 2.05) is 0 Å². The Hall–Kier alpha value is -2.15. The van der Waals surface area contributed by atoms with Crippen LogP contribution in [0, 0.1) is 0 Å². The number of carboxylic acids is 1. The number of rotatable bonds is 5. The summed E-state index contributed by atoms with van der Waals surface area (Å²) in [6.07, 6.45) is 2.08. The number of amides is 2. The van der Waals surface area contributed by atoms with Gasteiger partial charge in [-0.3, -0.25) is 14.6 Å². The van der Waals surface area contributed by atoms with Gasteiger partial charge >= 0.3 is 5.97 Å². The fourth-order valence-electron chi connectivity index (χ4n) is 1.18. The second-order valence-corrected chi connectivity index (χ2v) is 3.80. The summed E-state index contributed by atoms with van der Waals surface area (Å²) >= 11 is 5.75. The molecule has 0 spiro atoms. The van der Waals surface area contributed by atoms with Crippen molar-refractivity contribution in [2.45, 2.75) is 12.5 Å². The number of halogens is 1. The summed E-state index contributed by atoms with van der Waals surface area (Å²) in [6.45, 7) is 0. The van der Waals surface area contributed by atoms with E-state index < -0.39 is 30.2 Å². The van der Waals surface area contributed by atoms with Crippen molar-refractivity contribution >= 4 is 29.4 Å². The molecule has 1 atom stereocenters. The lowest BCUT2D eigenvalue weighted by Crippen LogP contribution is -2.43. The van der Waals surface area contributed by atoms with E-state index in [9.17, 15) is 14.4 Å². The van der Waals surface area contributed by atoms with Gasteiger partial charge in [-0.1, -0.05) is 11.6 Å². The molecule has 0 saturated carbocycles. The van der Waals surface area contributed by atoms with Gasteiger partial charge < -0.3 is 16.2 Å². The number of hydrogen-bond acceptors (Lipinski definition) is 4. The lowest BCUT2D eigenvalue weighted by Gasteiger charge is -2.13. The Balaban J connectivity index is 2.82. The predicted molar refractivity (Wildman–Crippen MR) is 61.9 cm³/mol. The average molecular weight is 272 g/mol. The lowest BCUT2D eigenvalue weighted by molar-refractivity contribution is -0.140. The van der Waals surface area contributed by atoms with Crippen LogP contribution in [-0.4, -0.2) is 33.9 Å². The van der Waals surface area contributed by atoms with Crippen LogP contribution in [0.2, 0.25) is 5.02 Å². The number of aromatic nitrogens is 1. The smallest absolute Gasteiger partial charge is 0.326 e. The minimum absolute atomic E-state index is 0.0230. The van der Waals surface area contributed by atoms with Gasteiger partial charge in [0.1, 0.15) is 6.04 Å². The van der Waals surface area contributed by atoms with Gasteiger partial charge in [-0.15, -0.1) is 0 Å². The maximum atomic E-state index is 11.7. The molecule has 8 heteroatoms. The number of pyridine rings is 1. The molecule has 0 aliphatic carbocycles. The van der Waals surface area contributed by atoms with Crippen LogP contribution in [0.3, 0.4) is 0 Å². The van der Waals surface area contributed by atoms with Crippen molar-refractivity contribution in [2.75, 3.05) is 0 Å². The number of carboxylic acid groups (broad SMARTS) is 1.